The summed E-state index contributed by atoms with van der Waals surface area (Å²) < 4.78 is 2.74. The molecule has 0 N–H and O–H groups in total. The molecule has 0 saturated heterocycles. The smallest absolute Gasteiger partial charge is 0.0361 e. The Hall–Kier alpha value is -6.02. The molecule has 4 aliphatic carbocycles. The van der Waals surface area contributed by atoms with Crippen LogP contribution in [0.15, 0.2) is 181 Å². The maximum atomic E-state index is 2.50. The van der Waals surface area contributed by atoms with Gasteiger partial charge in [-0.15, -0.1) is 11.3 Å². The number of fused-ring (bicyclic) bond motifs is 11. The zero-order chi connectivity index (χ0) is 37.1. The monoisotopic (exact) mass is 732 g/mol. The van der Waals surface area contributed by atoms with E-state index in [2.05, 4.69) is 184 Å². The van der Waals surface area contributed by atoms with Gasteiger partial charge in [0.2, 0.25) is 0 Å². The van der Waals surface area contributed by atoms with Gasteiger partial charge in [0.1, 0.15) is 0 Å². The summed E-state index contributed by atoms with van der Waals surface area (Å²) in [5, 5.41) is 10.8. The topological polar surface area (TPSA) is 0 Å². The van der Waals surface area contributed by atoms with Gasteiger partial charge in [0.25, 0.3) is 0 Å². The van der Waals surface area contributed by atoms with Crippen molar-refractivity contribution in [2.75, 3.05) is 0 Å². The molecule has 0 amide bonds. The summed E-state index contributed by atoms with van der Waals surface area (Å²) in [6, 6.07) is 46.2. The van der Waals surface area contributed by atoms with Crippen LogP contribution >= 0.6 is 11.3 Å². The van der Waals surface area contributed by atoms with Crippen LogP contribution in [0.1, 0.15) is 54.9 Å². The second-order valence-electron chi connectivity index (χ2n) is 16.7. The maximum absolute atomic E-state index is 2.50. The number of benzene rings is 7. The Morgan fingerprint density at radius 1 is 0.536 bits per heavy atom. The average Bonchev–Trinajstić information content (AvgIpc) is 3.72. The molecule has 2 atom stereocenters. The van der Waals surface area contributed by atoms with Crippen molar-refractivity contribution in [1.29, 1.82) is 0 Å². The molecule has 7 aromatic carbocycles. The summed E-state index contributed by atoms with van der Waals surface area (Å²) >= 11 is 1.91. The van der Waals surface area contributed by atoms with E-state index >= 15 is 0 Å². The van der Waals surface area contributed by atoms with E-state index in [-0.39, 0.29) is 5.41 Å². The first-order valence-corrected chi connectivity index (χ1v) is 20.9. The highest BCUT2D eigenvalue weighted by Gasteiger charge is 2.43. The van der Waals surface area contributed by atoms with E-state index in [1.54, 1.807) is 5.57 Å². The van der Waals surface area contributed by atoms with Gasteiger partial charge in [0.05, 0.1) is 0 Å². The summed E-state index contributed by atoms with van der Waals surface area (Å²) in [7, 11) is 0. The molecule has 1 heteroatoms. The van der Waals surface area contributed by atoms with Crippen molar-refractivity contribution in [3.05, 3.63) is 203 Å². The third-order valence-corrected chi connectivity index (χ3v) is 14.6. The molecular formula is C55H40S. The van der Waals surface area contributed by atoms with Crippen LogP contribution in [0.2, 0.25) is 0 Å². The highest BCUT2D eigenvalue weighted by Crippen LogP contribution is 2.57. The third-order valence-electron chi connectivity index (χ3n) is 13.4. The molecule has 4 aliphatic rings. The number of hydrogen-bond donors (Lipinski definition) is 0. The van der Waals surface area contributed by atoms with E-state index in [9.17, 15) is 0 Å². The third kappa shape index (κ3) is 4.65. The molecule has 266 valence electrons. The molecule has 1 aromatic heterocycles. The van der Waals surface area contributed by atoms with Crippen molar-refractivity contribution in [2.24, 2.45) is 5.92 Å². The first kappa shape index (κ1) is 32.2. The van der Waals surface area contributed by atoms with E-state index in [0.29, 0.717) is 11.8 Å². The molecule has 0 saturated carbocycles. The van der Waals surface area contributed by atoms with E-state index in [1.165, 1.54) is 103 Å². The highest BCUT2D eigenvalue weighted by molar-refractivity contribution is 7.25. The summed E-state index contributed by atoms with van der Waals surface area (Å²) in [6.45, 7) is 4.90. The van der Waals surface area contributed by atoms with Crippen molar-refractivity contribution >= 4 is 75.0 Å². The molecule has 2 unspecified atom stereocenters. The minimum atomic E-state index is -0.0322. The predicted octanol–water partition coefficient (Wildman–Crippen LogP) is 15.4. The van der Waals surface area contributed by atoms with E-state index in [1.807, 2.05) is 11.3 Å². The molecule has 0 aliphatic heterocycles. The molecule has 0 nitrogen and oxygen atoms in total. The summed E-state index contributed by atoms with van der Waals surface area (Å²) in [5.41, 5.74) is 14.1. The van der Waals surface area contributed by atoms with Crippen LogP contribution in [0.4, 0.5) is 0 Å². The quantitative estimate of drug-likeness (QED) is 0.159. The van der Waals surface area contributed by atoms with Crippen LogP contribution in [0.3, 0.4) is 0 Å². The Kier molecular flexibility index (Phi) is 6.90. The Morgan fingerprint density at radius 2 is 1.21 bits per heavy atom. The van der Waals surface area contributed by atoms with Gasteiger partial charge in [0, 0.05) is 37.4 Å². The van der Waals surface area contributed by atoms with Crippen molar-refractivity contribution in [1.82, 2.24) is 0 Å². The normalized spacial score (nSPS) is 19.5. The van der Waals surface area contributed by atoms with Gasteiger partial charge >= 0.3 is 0 Å². The molecule has 56 heavy (non-hydrogen) atoms. The van der Waals surface area contributed by atoms with Gasteiger partial charge in [-0.2, -0.15) is 0 Å². The molecule has 0 bridgehead atoms. The zero-order valence-corrected chi connectivity index (χ0v) is 32.5. The number of rotatable bonds is 3. The fraction of sp³-hybridized carbons (Fsp3) is 0.127. The van der Waals surface area contributed by atoms with Crippen LogP contribution in [-0.2, 0) is 5.41 Å². The summed E-state index contributed by atoms with van der Waals surface area (Å²) in [5.74, 6) is 0.824. The molecular weight excluding hydrogens is 693 g/mol. The lowest BCUT2D eigenvalue weighted by atomic mass is 9.76. The molecule has 1 heterocycles. The van der Waals surface area contributed by atoms with Gasteiger partial charge in [-0.25, -0.2) is 0 Å². The van der Waals surface area contributed by atoms with Gasteiger partial charge in [0.15, 0.2) is 0 Å². The van der Waals surface area contributed by atoms with Crippen molar-refractivity contribution in [3.63, 3.8) is 0 Å². The number of allylic oxidation sites excluding steroid dienone is 12. The molecule has 12 rings (SSSR count). The summed E-state index contributed by atoms with van der Waals surface area (Å²) in [6.07, 6.45) is 20.6. The zero-order valence-electron chi connectivity index (χ0n) is 31.6. The van der Waals surface area contributed by atoms with Crippen LogP contribution in [0.5, 0.6) is 0 Å². The van der Waals surface area contributed by atoms with Gasteiger partial charge in [-0.3, -0.25) is 0 Å². The van der Waals surface area contributed by atoms with Crippen molar-refractivity contribution in [2.45, 2.75) is 38.0 Å². The average molecular weight is 733 g/mol. The first-order chi connectivity index (χ1) is 27.5. The van der Waals surface area contributed by atoms with Crippen LogP contribution < -0.4 is 0 Å². The largest absolute Gasteiger partial charge is 0.135 e. The van der Waals surface area contributed by atoms with Gasteiger partial charge < -0.3 is 0 Å². The lowest BCUT2D eigenvalue weighted by Crippen LogP contribution is -2.18. The Balaban J connectivity index is 0.929. The Morgan fingerprint density at radius 3 is 1.98 bits per heavy atom. The van der Waals surface area contributed by atoms with E-state index in [0.717, 1.165) is 12.8 Å². The maximum Gasteiger partial charge on any atom is 0.0361 e. The van der Waals surface area contributed by atoms with Crippen LogP contribution in [-0.4, -0.2) is 0 Å². The molecule has 0 spiro atoms. The molecule has 0 radical (unpaired) electrons. The Labute approximate surface area is 331 Å². The highest BCUT2D eigenvalue weighted by atomic mass is 32.1. The number of thiophene rings is 1. The van der Waals surface area contributed by atoms with Gasteiger partial charge in [-0.1, -0.05) is 171 Å². The lowest BCUT2D eigenvalue weighted by molar-refractivity contribution is 0.618. The van der Waals surface area contributed by atoms with Gasteiger partial charge in [-0.05, 0) is 113 Å². The minimum absolute atomic E-state index is 0.0322. The van der Waals surface area contributed by atoms with Crippen LogP contribution in [0.25, 0.3) is 74.8 Å². The first-order valence-electron chi connectivity index (χ1n) is 20.1. The van der Waals surface area contributed by atoms with Crippen molar-refractivity contribution in [3.8, 4) is 11.1 Å². The Bertz CT molecular complexity index is 3150. The van der Waals surface area contributed by atoms with Crippen LogP contribution in [0, 0.1) is 5.92 Å². The summed E-state index contributed by atoms with van der Waals surface area (Å²) in [4.78, 5) is 0. The second-order valence-corrected chi connectivity index (χ2v) is 17.8. The minimum Gasteiger partial charge on any atom is -0.135 e. The van der Waals surface area contributed by atoms with E-state index < -0.39 is 0 Å². The fourth-order valence-corrected chi connectivity index (χ4v) is 12.0. The number of hydrogen-bond acceptors (Lipinski definition) is 1. The fourth-order valence-electron chi connectivity index (χ4n) is 10.8. The lowest BCUT2D eigenvalue weighted by Gasteiger charge is -2.28. The van der Waals surface area contributed by atoms with E-state index in [4.69, 9.17) is 0 Å². The second kappa shape index (κ2) is 12.0. The molecule has 8 aromatic rings. The predicted molar refractivity (Wildman–Crippen MR) is 243 cm³/mol. The molecule has 0 fully saturated rings. The standard InChI is InChI=1S/C55H40S/c1-55(2)49-28-26-37(30-47(49)45-27-25-38-31-51-48(32-46(38)54(45)55)40-13-9-10-18-50(40)56-51)34-19-22-35(23-20-34)52-41-14-5-7-16-43(41)53(44-17-8-6-15-42(44)52)39-24-21-33-11-3-4-12-36(33)29-39/h3-28,31-32,36,47H,29-30H2,1-2H3. The van der Waals surface area contributed by atoms with Crippen molar-refractivity contribution < 1.29 is 0 Å². The SMILES string of the molecule is CC1(C)C2=CC=C(c3ccc(-c4c5ccccc5c(C5=CC=C6C=CC=CC6C5)c5ccccc45)cc3)CC2c2ccc3cc4sc5ccccc5c4cc3c21.